The van der Waals surface area contributed by atoms with Crippen LogP contribution in [0.1, 0.15) is 36.7 Å². The molecule has 31 heavy (non-hydrogen) atoms. The molecule has 1 saturated carbocycles. The number of likely N-dealkylation sites (tertiary alicyclic amines) is 1. The largest absolute Gasteiger partial charge is 0.348 e. The number of aromatic nitrogens is 6. The van der Waals surface area contributed by atoms with E-state index in [1.807, 2.05) is 12.4 Å². The van der Waals surface area contributed by atoms with Crippen LogP contribution >= 0.6 is 11.3 Å². The number of anilines is 3. The van der Waals surface area contributed by atoms with Crippen molar-refractivity contribution >= 4 is 39.1 Å². The smallest absolute Gasteiger partial charge is 0.228 e. The first kappa shape index (κ1) is 17.7. The molecule has 3 N–H and O–H groups in total. The highest BCUT2D eigenvalue weighted by Crippen LogP contribution is 2.40. The van der Waals surface area contributed by atoms with Gasteiger partial charge in [0.1, 0.15) is 11.6 Å². The second kappa shape index (κ2) is 6.76. The van der Waals surface area contributed by atoms with Crippen LogP contribution in [0.2, 0.25) is 0 Å². The number of H-pyrrole nitrogens is 2. The quantitative estimate of drug-likeness (QED) is 0.429. The third-order valence-corrected chi connectivity index (χ3v) is 7.57. The van der Waals surface area contributed by atoms with E-state index >= 15 is 0 Å². The fraction of sp³-hybridized carbons (Fsp3) is 0.429. The van der Waals surface area contributed by atoms with E-state index in [0.717, 1.165) is 65.4 Å². The van der Waals surface area contributed by atoms with Crippen LogP contribution in [-0.4, -0.2) is 60.2 Å². The minimum Gasteiger partial charge on any atom is -0.348 e. The summed E-state index contributed by atoms with van der Waals surface area (Å²) in [5.41, 5.74) is 2.14. The van der Waals surface area contributed by atoms with Gasteiger partial charge in [0.05, 0.1) is 22.5 Å². The fourth-order valence-corrected chi connectivity index (χ4v) is 5.72. The highest BCUT2D eigenvalue weighted by Gasteiger charge is 2.44. The maximum absolute atomic E-state index is 4.97. The van der Waals surface area contributed by atoms with Crippen molar-refractivity contribution < 1.29 is 0 Å². The highest BCUT2D eigenvalue weighted by atomic mass is 32.1. The summed E-state index contributed by atoms with van der Waals surface area (Å²) >= 11 is 1.67. The Morgan fingerprint density at radius 1 is 1.19 bits per heavy atom. The second-order valence-electron chi connectivity index (χ2n) is 8.77. The molecule has 158 valence electrons. The molecule has 0 unspecified atom stereocenters. The predicted octanol–water partition coefficient (Wildman–Crippen LogP) is 3.22. The molecule has 10 heteroatoms. The van der Waals surface area contributed by atoms with Crippen molar-refractivity contribution in [3.63, 3.8) is 0 Å². The summed E-state index contributed by atoms with van der Waals surface area (Å²) in [6.07, 6.45) is 7.35. The fourth-order valence-electron chi connectivity index (χ4n) is 4.95. The number of rotatable bonds is 6. The third kappa shape index (κ3) is 3.09. The molecule has 2 atom stereocenters. The summed E-state index contributed by atoms with van der Waals surface area (Å²) in [4.78, 5) is 22.4. The van der Waals surface area contributed by atoms with Gasteiger partial charge in [0.25, 0.3) is 0 Å². The van der Waals surface area contributed by atoms with E-state index in [1.54, 1.807) is 11.3 Å². The van der Waals surface area contributed by atoms with Crippen molar-refractivity contribution in [1.29, 1.82) is 0 Å². The van der Waals surface area contributed by atoms with Gasteiger partial charge in [0.15, 0.2) is 5.82 Å². The van der Waals surface area contributed by atoms with Gasteiger partial charge in [-0.2, -0.15) is 10.1 Å². The maximum atomic E-state index is 4.97. The van der Waals surface area contributed by atoms with Gasteiger partial charge in [-0.25, -0.2) is 9.97 Å². The first-order valence-corrected chi connectivity index (χ1v) is 11.7. The van der Waals surface area contributed by atoms with Crippen LogP contribution in [0.3, 0.4) is 0 Å². The number of aromatic amines is 2. The molecule has 1 aliphatic carbocycles. The molecule has 3 aliphatic rings. The van der Waals surface area contributed by atoms with E-state index in [0.29, 0.717) is 18.0 Å². The Balaban J connectivity index is 1.14. The number of hydrogen-bond donors (Lipinski definition) is 3. The lowest BCUT2D eigenvalue weighted by atomic mass is 10.2. The summed E-state index contributed by atoms with van der Waals surface area (Å²) in [5, 5.41) is 13.1. The van der Waals surface area contributed by atoms with Crippen LogP contribution in [0.4, 0.5) is 17.6 Å². The van der Waals surface area contributed by atoms with Crippen molar-refractivity contribution in [2.45, 2.75) is 43.8 Å². The molecule has 0 spiro atoms. The zero-order chi connectivity index (χ0) is 20.4. The molecule has 4 aromatic rings. The zero-order valence-corrected chi connectivity index (χ0v) is 17.8. The summed E-state index contributed by atoms with van der Waals surface area (Å²) in [6, 6.07) is 5.15. The highest BCUT2D eigenvalue weighted by molar-refractivity contribution is 7.17. The SMILES string of the molecule is c1c[nH]c(CN2C[C@@H]3C[C@H]2CN3c2nc(Nc3cc(C4CC4)n[nH]3)c3sccc3n2)n1. The van der Waals surface area contributed by atoms with Crippen LogP contribution in [0.5, 0.6) is 0 Å². The van der Waals surface area contributed by atoms with Crippen LogP contribution in [-0.2, 0) is 6.54 Å². The average molecular weight is 434 g/mol. The first-order chi connectivity index (χ1) is 15.3. The Kier molecular flexibility index (Phi) is 3.85. The van der Waals surface area contributed by atoms with E-state index in [-0.39, 0.29) is 0 Å². The number of nitrogens with one attached hydrogen (secondary N) is 3. The number of thiophene rings is 1. The number of piperazine rings is 1. The molecule has 2 bridgehead atoms. The van der Waals surface area contributed by atoms with E-state index < -0.39 is 0 Å². The Bertz CT molecular complexity index is 1220. The third-order valence-electron chi connectivity index (χ3n) is 6.66. The summed E-state index contributed by atoms with van der Waals surface area (Å²) in [6.45, 7) is 2.85. The van der Waals surface area contributed by atoms with E-state index in [2.05, 4.69) is 52.8 Å². The first-order valence-electron chi connectivity index (χ1n) is 10.9. The van der Waals surface area contributed by atoms with E-state index in [1.165, 1.54) is 12.8 Å². The lowest BCUT2D eigenvalue weighted by molar-refractivity contribution is 0.225. The summed E-state index contributed by atoms with van der Waals surface area (Å²) < 4.78 is 1.08. The molecule has 0 amide bonds. The van der Waals surface area contributed by atoms with Crippen molar-refractivity contribution in [3.05, 3.63) is 41.4 Å². The van der Waals surface area contributed by atoms with Gasteiger partial charge < -0.3 is 15.2 Å². The number of hydrogen-bond acceptors (Lipinski definition) is 8. The molecular formula is C21H23N9S. The Labute approximate surface area is 182 Å². The standard InChI is InChI=1S/C21H23N9S/c1-2-12(1)16-8-17(28-27-16)25-20-19-15(3-6-31-19)24-21(26-20)30-10-13-7-14(30)9-29(13)11-18-22-4-5-23-18/h3-6,8,12-14H,1-2,7,9-11H2,(H,22,23)(H2,24,25,26,27,28)/t13-,14-/m0/s1. The summed E-state index contributed by atoms with van der Waals surface area (Å²) in [7, 11) is 0. The second-order valence-corrected chi connectivity index (χ2v) is 9.69. The minimum atomic E-state index is 0.442. The molecular weight excluding hydrogens is 410 g/mol. The lowest BCUT2D eigenvalue weighted by Gasteiger charge is -2.33. The molecule has 6 heterocycles. The van der Waals surface area contributed by atoms with Gasteiger partial charge >= 0.3 is 0 Å². The molecule has 4 aromatic heterocycles. The van der Waals surface area contributed by atoms with Crippen molar-refractivity contribution in [2.75, 3.05) is 23.3 Å². The van der Waals surface area contributed by atoms with Crippen LogP contribution < -0.4 is 10.2 Å². The molecule has 0 radical (unpaired) electrons. The lowest BCUT2D eigenvalue weighted by Crippen LogP contribution is -2.46. The van der Waals surface area contributed by atoms with Crippen molar-refractivity contribution in [3.8, 4) is 0 Å². The van der Waals surface area contributed by atoms with Crippen molar-refractivity contribution in [2.24, 2.45) is 0 Å². The van der Waals surface area contributed by atoms with E-state index in [4.69, 9.17) is 9.97 Å². The van der Waals surface area contributed by atoms with Gasteiger partial charge in [-0.1, -0.05) is 0 Å². The van der Waals surface area contributed by atoms with Gasteiger partial charge in [-0.05, 0) is 30.7 Å². The number of imidazole rings is 1. The van der Waals surface area contributed by atoms with Gasteiger partial charge in [-0.3, -0.25) is 10.00 Å². The molecule has 7 rings (SSSR count). The van der Waals surface area contributed by atoms with Crippen LogP contribution in [0.25, 0.3) is 10.2 Å². The molecule has 9 nitrogen and oxygen atoms in total. The molecule has 0 aromatic carbocycles. The van der Waals surface area contributed by atoms with Crippen molar-refractivity contribution in [1.82, 2.24) is 35.0 Å². The minimum absolute atomic E-state index is 0.442. The topological polar surface area (TPSA) is 102 Å². The monoisotopic (exact) mass is 433 g/mol. The maximum Gasteiger partial charge on any atom is 0.228 e. The van der Waals surface area contributed by atoms with Crippen LogP contribution in [0.15, 0.2) is 29.9 Å². The zero-order valence-electron chi connectivity index (χ0n) is 17.0. The molecule has 2 saturated heterocycles. The number of fused-ring (bicyclic) bond motifs is 3. The Morgan fingerprint density at radius 3 is 2.97 bits per heavy atom. The van der Waals surface area contributed by atoms with Gasteiger partial charge in [-0.15, -0.1) is 11.3 Å². The van der Waals surface area contributed by atoms with Gasteiger partial charge in [0, 0.05) is 49.6 Å². The van der Waals surface area contributed by atoms with E-state index in [9.17, 15) is 0 Å². The predicted molar refractivity (Wildman–Crippen MR) is 120 cm³/mol. The Hall–Kier alpha value is -2.98. The van der Waals surface area contributed by atoms with Gasteiger partial charge in [0.2, 0.25) is 5.95 Å². The average Bonchev–Trinajstić information content (AvgIpc) is 3.32. The Morgan fingerprint density at radius 2 is 2.16 bits per heavy atom. The molecule has 2 aliphatic heterocycles. The summed E-state index contributed by atoms with van der Waals surface area (Å²) in [5.74, 6) is 4.23. The molecule has 3 fully saturated rings. The normalized spacial score (nSPS) is 23.3. The van der Waals surface area contributed by atoms with Crippen LogP contribution in [0, 0.1) is 0 Å². The number of nitrogens with zero attached hydrogens (tertiary/aromatic N) is 6.